The van der Waals surface area contributed by atoms with Crippen LogP contribution in [0.25, 0.3) is 0 Å². The first-order chi connectivity index (χ1) is 8.65. The van der Waals surface area contributed by atoms with Crippen LogP contribution in [0.1, 0.15) is 31.4 Å². The van der Waals surface area contributed by atoms with E-state index in [9.17, 15) is 5.26 Å². The van der Waals surface area contributed by atoms with Crippen molar-refractivity contribution < 1.29 is 4.74 Å². The summed E-state index contributed by atoms with van der Waals surface area (Å²) in [4.78, 5) is 0. The first-order valence-electron chi connectivity index (χ1n) is 6.71. The normalized spacial score (nSPS) is 16.6. The number of nitrogens with zero attached hydrogens (tertiary/aromatic N) is 1. The average molecular weight is 243 g/mol. The van der Waals surface area contributed by atoms with Crippen LogP contribution < -0.4 is 0 Å². The van der Waals surface area contributed by atoms with Gasteiger partial charge in [0.1, 0.15) is 0 Å². The molecule has 96 valence electrons. The summed E-state index contributed by atoms with van der Waals surface area (Å²) in [5.74, 6) is 0.559. The molecular weight excluding hydrogens is 222 g/mol. The number of ether oxygens (including phenoxy) is 1. The van der Waals surface area contributed by atoms with Gasteiger partial charge in [-0.1, -0.05) is 38.1 Å². The summed E-state index contributed by atoms with van der Waals surface area (Å²) in [7, 11) is 0. The second kappa shape index (κ2) is 5.54. The Labute approximate surface area is 110 Å². The summed E-state index contributed by atoms with van der Waals surface area (Å²) in [6, 6.07) is 10.9. The van der Waals surface area contributed by atoms with Crippen molar-refractivity contribution in [3.63, 3.8) is 0 Å². The third kappa shape index (κ3) is 2.91. The molecular formula is C16H21NO. The van der Waals surface area contributed by atoms with Gasteiger partial charge in [0, 0.05) is 13.2 Å². The number of hydrogen-bond donors (Lipinski definition) is 0. The maximum Gasteiger partial charge on any atom is 0.0697 e. The standard InChI is InChI=1S/C16H21NO/c1-13(2)11-18-8-7-16(12-17)9-14-5-3-4-6-15(14)10-16/h3-6,13H,7-11H2,1-2H3. The first kappa shape index (κ1) is 13.1. The predicted molar refractivity (Wildman–Crippen MR) is 72.2 cm³/mol. The Kier molecular flexibility index (Phi) is 4.04. The van der Waals surface area contributed by atoms with E-state index in [1.807, 2.05) is 0 Å². The quantitative estimate of drug-likeness (QED) is 0.743. The number of rotatable bonds is 5. The molecule has 0 spiro atoms. The monoisotopic (exact) mass is 243 g/mol. The number of nitriles is 1. The van der Waals surface area contributed by atoms with Crippen LogP contribution in [-0.4, -0.2) is 13.2 Å². The smallest absolute Gasteiger partial charge is 0.0697 e. The van der Waals surface area contributed by atoms with E-state index >= 15 is 0 Å². The van der Waals surface area contributed by atoms with Gasteiger partial charge in [0.25, 0.3) is 0 Å². The molecule has 2 heteroatoms. The van der Waals surface area contributed by atoms with Gasteiger partial charge in [-0.25, -0.2) is 0 Å². The molecule has 0 atom stereocenters. The fourth-order valence-electron chi connectivity index (χ4n) is 2.59. The number of benzene rings is 1. The zero-order valence-electron chi connectivity index (χ0n) is 11.3. The molecule has 2 rings (SSSR count). The van der Waals surface area contributed by atoms with Gasteiger partial charge in [0.05, 0.1) is 11.5 Å². The van der Waals surface area contributed by atoms with Crippen LogP contribution in [0.5, 0.6) is 0 Å². The van der Waals surface area contributed by atoms with Crippen LogP contribution in [0.4, 0.5) is 0 Å². The second-order valence-corrected chi connectivity index (χ2v) is 5.73. The molecule has 0 bridgehead atoms. The Hall–Kier alpha value is -1.33. The van der Waals surface area contributed by atoms with Gasteiger partial charge in [0.2, 0.25) is 0 Å². The minimum atomic E-state index is -0.235. The van der Waals surface area contributed by atoms with Crippen molar-refractivity contribution in [2.24, 2.45) is 11.3 Å². The molecule has 0 amide bonds. The van der Waals surface area contributed by atoms with E-state index in [-0.39, 0.29) is 5.41 Å². The van der Waals surface area contributed by atoms with E-state index in [4.69, 9.17) is 4.74 Å². The van der Waals surface area contributed by atoms with Gasteiger partial charge in [-0.3, -0.25) is 0 Å². The Bertz CT molecular complexity index is 420. The van der Waals surface area contributed by atoms with Crippen LogP contribution >= 0.6 is 0 Å². The van der Waals surface area contributed by atoms with Gasteiger partial charge in [0.15, 0.2) is 0 Å². The highest BCUT2D eigenvalue weighted by molar-refractivity contribution is 5.36. The number of fused-ring (bicyclic) bond motifs is 1. The van der Waals surface area contributed by atoms with E-state index in [2.05, 4.69) is 44.2 Å². The van der Waals surface area contributed by atoms with Gasteiger partial charge >= 0.3 is 0 Å². The molecule has 1 aromatic carbocycles. The van der Waals surface area contributed by atoms with E-state index in [1.54, 1.807) is 0 Å². The van der Waals surface area contributed by atoms with Crippen molar-refractivity contribution >= 4 is 0 Å². The predicted octanol–water partition coefficient (Wildman–Crippen LogP) is 3.36. The van der Waals surface area contributed by atoms with Crippen LogP contribution in [0.2, 0.25) is 0 Å². The third-order valence-corrected chi connectivity index (χ3v) is 3.59. The summed E-state index contributed by atoms with van der Waals surface area (Å²) >= 11 is 0. The largest absolute Gasteiger partial charge is 0.381 e. The zero-order chi connectivity index (χ0) is 13.0. The minimum Gasteiger partial charge on any atom is -0.381 e. The molecule has 0 radical (unpaired) electrons. The Morgan fingerprint density at radius 1 is 1.28 bits per heavy atom. The van der Waals surface area contributed by atoms with Gasteiger partial charge in [-0.05, 0) is 36.3 Å². The van der Waals surface area contributed by atoms with E-state index < -0.39 is 0 Å². The van der Waals surface area contributed by atoms with Crippen molar-refractivity contribution in [2.75, 3.05) is 13.2 Å². The SMILES string of the molecule is CC(C)COCCC1(C#N)Cc2ccccc2C1. The lowest BCUT2D eigenvalue weighted by Crippen LogP contribution is -2.22. The molecule has 1 aromatic rings. The number of hydrogen-bond acceptors (Lipinski definition) is 2. The van der Waals surface area contributed by atoms with Crippen molar-refractivity contribution in [3.05, 3.63) is 35.4 Å². The van der Waals surface area contributed by atoms with Crippen molar-refractivity contribution in [2.45, 2.75) is 33.1 Å². The van der Waals surface area contributed by atoms with Crippen molar-refractivity contribution in [3.8, 4) is 6.07 Å². The minimum absolute atomic E-state index is 0.235. The third-order valence-electron chi connectivity index (χ3n) is 3.59. The van der Waals surface area contributed by atoms with Gasteiger partial charge in [-0.2, -0.15) is 5.26 Å². The lowest BCUT2D eigenvalue weighted by molar-refractivity contribution is 0.0898. The maximum atomic E-state index is 9.49. The van der Waals surface area contributed by atoms with Crippen LogP contribution in [0, 0.1) is 22.7 Å². The maximum absolute atomic E-state index is 9.49. The Morgan fingerprint density at radius 2 is 1.89 bits per heavy atom. The lowest BCUT2D eigenvalue weighted by atomic mass is 9.83. The highest BCUT2D eigenvalue weighted by atomic mass is 16.5. The van der Waals surface area contributed by atoms with E-state index in [0.29, 0.717) is 12.5 Å². The fourth-order valence-corrected chi connectivity index (χ4v) is 2.59. The molecule has 0 aliphatic heterocycles. The summed E-state index contributed by atoms with van der Waals surface area (Å²) in [5.41, 5.74) is 2.44. The first-order valence-corrected chi connectivity index (χ1v) is 6.71. The summed E-state index contributed by atoms with van der Waals surface area (Å²) in [5, 5.41) is 9.49. The molecule has 0 fully saturated rings. The molecule has 1 aliphatic carbocycles. The summed E-state index contributed by atoms with van der Waals surface area (Å²) in [6.07, 6.45) is 2.60. The molecule has 2 nitrogen and oxygen atoms in total. The molecule has 0 heterocycles. The highest BCUT2D eigenvalue weighted by Gasteiger charge is 2.36. The molecule has 0 N–H and O–H groups in total. The second-order valence-electron chi connectivity index (χ2n) is 5.73. The lowest BCUT2D eigenvalue weighted by Gasteiger charge is -2.20. The molecule has 0 saturated carbocycles. The van der Waals surface area contributed by atoms with Gasteiger partial charge in [-0.15, -0.1) is 0 Å². The average Bonchev–Trinajstić information content (AvgIpc) is 2.73. The van der Waals surface area contributed by atoms with Crippen molar-refractivity contribution in [1.82, 2.24) is 0 Å². The topological polar surface area (TPSA) is 33.0 Å². The Morgan fingerprint density at radius 3 is 2.39 bits per heavy atom. The highest BCUT2D eigenvalue weighted by Crippen LogP contribution is 2.39. The summed E-state index contributed by atoms with van der Waals surface area (Å²) in [6.45, 7) is 5.77. The zero-order valence-corrected chi connectivity index (χ0v) is 11.3. The van der Waals surface area contributed by atoms with E-state index in [1.165, 1.54) is 11.1 Å². The van der Waals surface area contributed by atoms with E-state index in [0.717, 1.165) is 25.9 Å². The molecule has 0 unspecified atom stereocenters. The van der Waals surface area contributed by atoms with Crippen LogP contribution in [-0.2, 0) is 17.6 Å². The molecule has 18 heavy (non-hydrogen) atoms. The summed E-state index contributed by atoms with van der Waals surface area (Å²) < 4.78 is 5.63. The van der Waals surface area contributed by atoms with Crippen molar-refractivity contribution in [1.29, 1.82) is 5.26 Å². The molecule has 1 aliphatic rings. The van der Waals surface area contributed by atoms with Crippen LogP contribution in [0.15, 0.2) is 24.3 Å². The Balaban J connectivity index is 1.93. The van der Waals surface area contributed by atoms with Crippen LogP contribution in [0.3, 0.4) is 0 Å². The molecule has 0 aromatic heterocycles. The fraction of sp³-hybridized carbons (Fsp3) is 0.562. The molecule has 0 saturated heterocycles. The van der Waals surface area contributed by atoms with Gasteiger partial charge < -0.3 is 4.74 Å².